The van der Waals surface area contributed by atoms with Crippen LogP contribution in [0.25, 0.3) is 0 Å². The average molecular weight is 450 g/mol. The molecule has 33 heavy (non-hydrogen) atoms. The molecule has 0 spiro atoms. The van der Waals surface area contributed by atoms with Crippen LogP contribution in [0.4, 0.5) is 0 Å². The van der Waals surface area contributed by atoms with Crippen LogP contribution in [0.2, 0.25) is 0 Å². The number of carbonyl (C=O) groups is 1. The summed E-state index contributed by atoms with van der Waals surface area (Å²) in [6.07, 6.45) is 12.6. The Labute approximate surface area is 199 Å². The van der Waals surface area contributed by atoms with Crippen LogP contribution in [0.3, 0.4) is 0 Å². The van der Waals surface area contributed by atoms with E-state index in [2.05, 4.69) is 45.1 Å². The van der Waals surface area contributed by atoms with Crippen LogP contribution in [0.5, 0.6) is 5.75 Å². The molecule has 4 rings (SSSR count). The minimum atomic E-state index is 0.185. The molecule has 1 aliphatic heterocycles. The molecule has 1 saturated heterocycles. The van der Waals surface area contributed by atoms with Crippen molar-refractivity contribution in [2.45, 2.75) is 63.3 Å². The molecule has 1 amide bonds. The van der Waals surface area contributed by atoms with Crippen molar-refractivity contribution in [3.8, 4) is 5.75 Å². The Morgan fingerprint density at radius 3 is 2.45 bits per heavy atom. The lowest BCUT2D eigenvalue weighted by atomic mass is 9.87. The minimum Gasteiger partial charge on any atom is -0.496 e. The first-order valence-corrected chi connectivity index (χ1v) is 12.7. The van der Waals surface area contributed by atoms with E-state index in [0.717, 1.165) is 57.5 Å². The van der Waals surface area contributed by atoms with Crippen LogP contribution in [-0.2, 0) is 11.2 Å². The number of para-hydroxylation sites is 1. The fourth-order valence-electron chi connectivity index (χ4n) is 5.66. The number of ether oxygens (including phenoxy) is 1. The Kier molecular flexibility index (Phi) is 8.38. The number of rotatable bonds is 8. The molecule has 0 radical (unpaired) electrons. The van der Waals surface area contributed by atoms with E-state index in [1.54, 1.807) is 7.11 Å². The van der Waals surface area contributed by atoms with Crippen LogP contribution < -0.4 is 4.74 Å². The van der Waals surface area contributed by atoms with Gasteiger partial charge in [-0.3, -0.25) is 9.78 Å². The Morgan fingerprint density at radius 1 is 1.06 bits per heavy atom. The van der Waals surface area contributed by atoms with Crippen molar-refractivity contribution < 1.29 is 9.53 Å². The van der Waals surface area contributed by atoms with Crippen LogP contribution in [0.15, 0.2) is 48.8 Å². The van der Waals surface area contributed by atoms with Crippen molar-refractivity contribution in [3.05, 3.63) is 59.9 Å². The third kappa shape index (κ3) is 6.14. The molecule has 0 N–H and O–H groups in total. The summed E-state index contributed by atoms with van der Waals surface area (Å²) in [4.78, 5) is 22.2. The average Bonchev–Trinajstić information content (AvgIpc) is 2.89. The van der Waals surface area contributed by atoms with E-state index < -0.39 is 0 Å². The third-order valence-electron chi connectivity index (χ3n) is 7.71. The SMILES string of the molecule is COc1ccccc1C1CCN(C[C@@H](Cc2ccncc2)N(C)C(=O)C2CCCCC2)CC1. The molecule has 2 heterocycles. The summed E-state index contributed by atoms with van der Waals surface area (Å²) >= 11 is 0. The van der Waals surface area contributed by atoms with Crippen LogP contribution in [-0.4, -0.2) is 60.5 Å². The van der Waals surface area contributed by atoms with Crippen molar-refractivity contribution >= 4 is 5.91 Å². The molecular weight excluding hydrogens is 410 g/mol. The van der Waals surface area contributed by atoms with Gasteiger partial charge in [-0.25, -0.2) is 0 Å². The van der Waals surface area contributed by atoms with E-state index in [1.165, 1.54) is 30.4 Å². The zero-order valence-electron chi connectivity index (χ0n) is 20.3. The second kappa shape index (κ2) is 11.6. The van der Waals surface area contributed by atoms with Gasteiger partial charge in [0.15, 0.2) is 0 Å². The summed E-state index contributed by atoms with van der Waals surface area (Å²) in [7, 11) is 3.79. The molecule has 1 aromatic carbocycles. The summed E-state index contributed by atoms with van der Waals surface area (Å²) in [6.45, 7) is 3.04. The van der Waals surface area contributed by atoms with Gasteiger partial charge in [0.2, 0.25) is 5.91 Å². The lowest BCUT2D eigenvalue weighted by molar-refractivity contribution is -0.137. The van der Waals surface area contributed by atoms with Gasteiger partial charge in [-0.2, -0.15) is 0 Å². The maximum Gasteiger partial charge on any atom is 0.225 e. The fraction of sp³-hybridized carbons (Fsp3) is 0.571. The first kappa shape index (κ1) is 23.7. The number of pyridine rings is 1. The first-order valence-electron chi connectivity index (χ1n) is 12.7. The lowest BCUT2D eigenvalue weighted by Gasteiger charge is -2.39. The maximum absolute atomic E-state index is 13.4. The number of hydrogen-bond donors (Lipinski definition) is 0. The predicted octanol–water partition coefficient (Wildman–Crippen LogP) is 4.92. The predicted molar refractivity (Wildman–Crippen MR) is 132 cm³/mol. The number of methoxy groups -OCH3 is 1. The fourth-order valence-corrected chi connectivity index (χ4v) is 5.66. The van der Waals surface area contributed by atoms with Crippen LogP contribution >= 0.6 is 0 Å². The third-order valence-corrected chi connectivity index (χ3v) is 7.71. The van der Waals surface area contributed by atoms with E-state index in [4.69, 9.17) is 4.74 Å². The van der Waals surface area contributed by atoms with Gasteiger partial charge in [-0.15, -0.1) is 0 Å². The zero-order chi connectivity index (χ0) is 23.0. The van der Waals surface area contributed by atoms with Crippen LogP contribution in [0, 0.1) is 5.92 Å². The van der Waals surface area contributed by atoms with E-state index in [0.29, 0.717) is 11.8 Å². The first-order chi connectivity index (χ1) is 16.2. The highest BCUT2D eigenvalue weighted by molar-refractivity contribution is 5.79. The number of piperidine rings is 1. The molecule has 2 aliphatic rings. The van der Waals surface area contributed by atoms with E-state index >= 15 is 0 Å². The molecule has 1 saturated carbocycles. The van der Waals surface area contributed by atoms with E-state index in [-0.39, 0.29) is 12.0 Å². The highest BCUT2D eigenvalue weighted by atomic mass is 16.5. The van der Waals surface area contributed by atoms with Crippen molar-refractivity contribution in [1.82, 2.24) is 14.8 Å². The molecule has 0 unspecified atom stereocenters. The summed E-state index contributed by atoms with van der Waals surface area (Å²) in [5, 5.41) is 0. The van der Waals surface area contributed by atoms with Gasteiger partial charge < -0.3 is 14.5 Å². The lowest BCUT2D eigenvalue weighted by Crippen LogP contribution is -2.49. The largest absolute Gasteiger partial charge is 0.496 e. The number of nitrogens with zero attached hydrogens (tertiary/aromatic N) is 3. The van der Waals surface area contributed by atoms with Gasteiger partial charge in [-0.1, -0.05) is 37.5 Å². The second-order valence-corrected chi connectivity index (χ2v) is 9.81. The Bertz CT molecular complexity index is 874. The van der Waals surface area contributed by atoms with Crippen molar-refractivity contribution in [2.75, 3.05) is 33.8 Å². The molecule has 1 aromatic heterocycles. The van der Waals surface area contributed by atoms with Gasteiger partial charge in [0, 0.05) is 37.9 Å². The Balaban J connectivity index is 1.41. The van der Waals surface area contributed by atoms with Crippen molar-refractivity contribution in [1.29, 1.82) is 0 Å². The molecule has 178 valence electrons. The molecule has 1 aliphatic carbocycles. The molecule has 1 atom stereocenters. The number of hydrogen-bond acceptors (Lipinski definition) is 4. The molecular formula is C28H39N3O2. The standard InChI is InChI=1S/C28H39N3O2/c1-30(28(32)24-8-4-3-5-9-24)25(20-22-12-16-29-17-13-22)21-31-18-14-23(15-19-31)26-10-6-7-11-27(26)33-2/h6-7,10-13,16-17,23-25H,3-5,8-9,14-15,18-21H2,1-2H3/t25-/m1/s1. The van der Waals surface area contributed by atoms with Crippen molar-refractivity contribution in [2.24, 2.45) is 5.92 Å². The van der Waals surface area contributed by atoms with E-state index in [9.17, 15) is 4.79 Å². The minimum absolute atomic E-state index is 0.185. The van der Waals surface area contributed by atoms with Crippen LogP contribution in [0.1, 0.15) is 62.0 Å². The number of amides is 1. The normalized spacial score (nSPS) is 19.2. The van der Waals surface area contributed by atoms with Crippen molar-refractivity contribution in [3.63, 3.8) is 0 Å². The summed E-state index contributed by atoms with van der Waals surface area (Å²) in [5.74, 6) is 2.10. The topological polar surface area (TPSA) is 45.7 Å². The van der Waals surface area contributed by atoms with Gasteiger partial charge in [0.1, 0.15) is 5.75 Å². The molecule has 0 bridgehead atoms. The smallest absolute Gasteiger partial charge is 0.225 e. The summed E-state index contributed by atoms with van der Waals surface area (Å²) in [6, 6.07) is 12.8. The van der Waals surface area contributed by atoms with E-state index in [1.807, 2.05) is 25.5 Å². The number of benzene rings is 1. The van der Waals surface area contributed by atoms with Gasteiger partial charge in [0.25, 0.3) is 0 Å². The quantitative estimate of drug-likeness (QED) is 0.574. The van der Waals surface area contributed by atoms with Gasteiger partial charge >= 0.3 is 0 Å². The maximum atomic E-state index is 13.4. The van der Waals surface area contributed by atoms with Gasteiger partial charge in [-0.05, 0) is 80.4 Å². The molecule has 5 heteroatoms. The highest BCUT2D eigenvalue weighted by Gasteiger charge is 2.31. The molecule has 2 aromatic rings. The monoisotopic (exact) mass is 449 g/mol. The summed E-state index contributed by atoms with van der Waals surface area (Å²) < 4.78 is 5.61. The number of likely N-dealkylation sites (N-methyl/N-ethyl adjacent to an activating group) is 1. The molecule has 5 nitrogen and oxygen atoms in total. The Hall–Kier alpha value is -2.40. The number of carbonyl (C=O) groups excluding carboxylic acids is 1. The summed E-state index contributed by atoms with van der Waals surface area (Å²) in [5.41, 5.74) is 2.58. The van der Waals surface area contributed by atoms with Gasteiger partial charge in [0.05, 0.1) is 7.11 Å². The second-order valence-electron chi connectivity index (χ2n) is 9.81. The zero-order valence-corrected chi connectivity index (χ0v) is 20.3. The number of aromatic nitrogens is 1. The Morgan fingerprint density at radius 2 is 1.76 bits per heavy atom. The number of likely N-dealkylation sites (tertiary alicyclic amines) is 1. The molecule has 2 fully saturated rings. The highest BCUT2D eigenvalue weighted by Crippen LogP contribution is 2.34.